The summed E-state index contributed by atoms with van der Waals surface area (Å²) in [7, 11) is 1.65. The van der Waals surface area contributed by atoms with Crippen LogP contribution in [0.5, 0.6) is 0 Å². The highest BCUT2D eigenvalue weighted by Gasteiger charge is 2.29. The van der Waals surface area contributed by atoms with E-state index in [9.17, 15) is 19.2 Å². The lowest BCUT2D eigenvalue weighted by atomic mass is 10.1. The van der Waals surface area contributed by atoms with E-state index < -0.39 is 30.4 Å². The van der Waals surface area contributed by atoms with Gasteiger partial charge < -0.3 is 24.2 Å². The van der Waals surface area contributed by atoms with E-state index in [4.69, 9.17) is 19.6 Å². The lowest BCUT2D eigenvalue weighted by molar-refractivity contribution is -0.119. The molecule has 0 radical (unpaired) electrons. The van der Waals surface area contributed by atoms with Gasteiger partial charge in [0.2, 0.25) is 5.88 Å². The Morgan fingerprint density at radius 2 is 1.89 bits per heavy atom. The van der Waals surface area contributed by atoms with E-state index in [1.807, 2.05) is 0 Å². The number of nitrogens with one attached hydrogen (secondary N) is 1. The molecule has 0 aliphatic carbocycles. The Hall–Kier alpha value is -3.56. The van der Waals surface area contributed by atoms with Crippen molar-refractivity contribution >= 4 is 29.6 Å². The van der Waals surface area contributed by atoms with Crippen molar-refractivity contribution in [1.82, 2.24) is 4.57 Å². The molecule has 0 saturated heterocycles. The first-order valence-electron chi connectivity index (χ1n) is 7.94. The Morgan fingerprint density at radius 3 is 2.44 bits per heavy atom. The zero-order valence-corrected chi connectivity index (χ0v) is 15.0. The summed E-state index contributed by atoms with van der Waals surface area (Å²) in [6.45, 7) is 2.47. The molecule has 144 valence electrons. The molecule has 0 spiro atoms. The van der Waals surface area contributed by atoms with Crippen molar-refractivity contribution in [2.75, 3.05) is 18.5 Å². The van der Waals surface area contributed by atoms with Gasteiger partial charge in [-0.3, -0.25) is 14.9 Å². The number of amides is 2. The van der Waals surface area contributed by atoms with Crippen LogP contribution >= 0.6 is 0 Å². The number of nitrogens with zero attached hydrogens (tertiary/aromatic N) is 1. The fraction of sp³-hybridized carbons (Fsp3) is 0.294. The predicted molar refractivity (Wildman–Crippen MR) is 92.2 cm³/mol. The Balaban J connectivity index is 2.12. The van der Waals surface area contributed by atoms with Crippen LogP contribution < -0.4 is 11.1 Å². The highest BCUT2D eigenvalue weighted by molar-refractivity contribution is 6.10. The van der Waals surface area contributed by atoms with Crippen LogP contribution in [0.3, 0.4) is 0 Å². The summed E-state index contributed by atoms with van der Waals surface area (Å²) >= 11 is 0. The third-order valence-electron chi connectivity index (χ3n) is 3.55. The molecule has 0 bridgehead atoms. The number of furan rings is 1. The summed E-state index contributed by atoms with van der Waals surface area (Å²) in [5, 5.41) is 2.27. The van der Waals surface area contributed by atoms with Crippen molar-refractivity contribution in [2.45, 2.75) is 13.8 Å². The molecule has 2 aromatic heterocycles. The minimum Gasteiger partial charge on any atom is -0.462 e. The zero-order chi connectivity index (χ0) is 20.1. The number of aromatic nitrogens is 1. The molecule has 10 nitrogen and oxygen atoms in total. The third-order valence-corrected chi connectivity index (χ3v) is 3.55. The van der Waals surface area contributed by atoms with Gasteiger partial charge in [0, 0.05) is 13.2 Å². The number of ether oxygens (including phenoxy) is 2. The molecule has 10 heteroatoms. The smallest absolute Gasteiger partial charge is 0.355 e. The van der Waals surface area contributed by atoms with Crippen LogP contribution in [0.25, 0.3) is 0 Å². The summed E-state index contributed by atoms with van der Waals surface area (Å²) in [5.74, 6) is -3.52. The highest BCUT2D eigenvalue weighted by Crippen LogP contribution is 2.27. The summed E-state index contributed by atoms with van der Waals surface area (Å²) < 4.78 is 16.6. The van der Waals surface area contributed by atoms with Crippen molar-refractivity contribution in [2.24, 2.45) is 12.8 Å². The molecular weight excluding hydrogens is 358 g/mol. The Labute approximate surface area is 154 Å². The maximum absolute atomic E-state index is 12.0. The van der Waals surface area contributed by atoms with Crippen LogP contribution in [-0.2, 0) is 21.3 Å². The first-order valence-corrected chi connectivity index (χ1v) is 7.94. The Morgan fingerprint density at radius 1 is 1.19 bits per heavy atom. The first kappa shape index (κ1) is 19.8. The lowest BCUT2D eigenvalue weighted by Gasteiger charge is -2.06. The zero-order valence-electron chi connectivity index (χ0n) is 15.0. The van der Waals surface area contributed by atoms with Crippen LogP contribution in [0.2, 0.25) is 0 Å². The number of anilines is 1. The number of primary amides is 1. The number of aryl methyl sites for hydroxylation is 2. The van der Waals surface area contributed by atoms with Crippen LogP contribution in [0.15, 0.2) is 22.7 Å². The van der Waals surface area contributed by atoms with E-state index in [0.717, 1.165) is 0 Å². The Kier molecular flexibility index (Phi) is 6.01. The number of carbonyl (C=O) groups excluding carboxylic acids is 4. The van der Waals surface area contributed by atoms with Gasteiger partial charge in [-0.1, -0.05) is 0 Å². The number of hydrogen-bond donors (Lipinski definition) is 2. The monoisotopic (exact) mass is 377 g/mol. The SMILES string of the molecule is CCOC(=O)c1c(C)oc(NC(=O)COC(=O)c2cccn2C)c1C(N)=O. The largest absolute Gasteiger partial charge is 0.462 e. The van der Waals surface area contributed by atoms with E-state index in [0.29, 0.717) is 0 Å². The Bertz CT molecular complexity index is 894. The molecule has 2 aromatic rings. The van der Waals surface area contributed by atoms with Crippen LogP contribution in [-0.4, -0.2) is 41.5 Å². The average Bonchev–Trinajstić information content (AvgIpc) is 3.16. The molecule has 27 heavy (non-hydrogen) atoms. The average molecular weight is 377 g/mol. The van der Waals surface area contributed by atoms with Gasteiger partial charge in [-0.2, -0.15) is 0 Å². The van der Waals surface area contributed by atoms with Gasteiger partial charge >= 0.3 is 11.9 Å². The molecule has 0 unspecified atom stereocenters. The predicted octanol–water partition coefficient (Wildman–Crippen LogP) is 0.998. The fourth-order valence-electron chi connectivity index (χ4n) is 2.36. The number of hydrogen-bond acceptors (Lipinski definition) is 7. The van der Waals surface area contributed by atoms with Gasteiger partial charge in [0.1, 0.15) is 22.6 Å². The first-order chi connectivity index (χ1) is 12.8. The summed E-state index contributed by atoms with van der Waals surface area (Å²) in [6.07, 6.45) is 1.65. The molecule has 0 aliphatic heterocycles. The topological polar surface area (TPSA) is 143 Å². The van der Waals surface area contributed by atoms with Gasteiger partial charge in [-0.05, 0) is 26.0 Å². The summed E-state index contributed by atoms with van der Waals surface area (Å²) in [4.78, 5) is 47.6. The van der Waals surface area contributed by atoms with E-state index >= 15 is 0 Å². The molecule has 2 amide bonds. The van der Waals surface area contributed by atoms with Gasteiger partial charge in [0.15, 0.2) is 6.61 Å². The molecule has 0 saturated carbocycles. The minimum absolute atomic E-state index is 0.0540. The highest BCUT2D eigenvalue weighted by atomic mass is 16.5. The second kappa shape index (κ2) is 8.21. The molecule has 0 atom stereocenters. The van der Waals surface area contributed by atoms with Gasteiger partial charge in [0.25, 0.3) is 11.8 Å². The summed E-state index contributed by atoms with van der Waals surface area (Å²) in [5.41, 5.74) is 5.08. The quantitative estimate of drug-likeness (QED) is 0.685. The maximum atomic E-state index is 12.0. The normalized spacial score (nSPS) is 10.3. The molecule has 3 N–H and O–H groups in total. The van der Waals surface area contributed by atoms with E-state index in [1.54, 1.807) is 26.2 Å². The maximum Gasteiger partial charge on any atom is 0.355 e. The fourth-order valence-corrected chi connectivity index (χ4v) is 2.36. The number of rotatable bonds is 7. The van der Waals surface area contributed by atoms with Crippen molar-refractivity contribution in [3.8, 4) is 0 Å². The number of carbonyl (C=O) groups is 4. The molecular formula is C17H19N3O7. The molecule has 2 rings (SSSR count). The molecule has 2 heterocycles. The summed E-state index contributed by atoms with van der Waals surface area (Å²) in [6, 6.07) is 3.19. The lowest BCUT2D eigenvalue weighted by Crippen LogP contribution is -2.24. The van der Waals surface area contributed by atoms with Crippen molar-refractivity contribution in [1.29, 1.82) is 0 Å². The third kappa shape index (κ3) is 4.35. The number of esters is 2. The van der Waals surface area contributed by atoms with Crippen LogP contribution in [0.4, 0.5) is 5.88 Å². The van der Waals surface area contributed by atoms with Gasteiger partial charge in [-0.25, -0.2) is 9.59 Å². The van der Waals surface area contributed by atoms with Crippen LogP contribution in [0.1, 0.15) is 43.9 Å². The van der Waals surface area contributed by atoms with E-state index in [-0.39, 0.29) is 35.1 Å². The number of nitrogens with two attached hydrogens (primary N) is 1. The molecule has 0 fully saturated rings. The van der Waals surface area contributed by atoms with Gasteiger partial charge in [0.05, 0.1) is 6.61 Å². The molecule has 0 aromatic carbocycles. The standard InChI is InChI=1S/C17H19N3O7/c1-4-25-17(24)12-9(2)27-15(13(12)14(18)22)19-11(21)8-26-16(23)10-6-5-7-20(10)3/h5-7H,4,8H2,1-3H3,(H2,18,22)(H,19,21). The second-order valence-corrected chi connectivity index (χ2v) is 5.45. The minimum atomic E-state index is -0.981. The van der Waals surface area contributed by atoms with Crippen molar-refractivity contribution in [3.05, 3.63) is 40.9 Å². The molecule has 0 aliphatic rings. The van der Waals surface area contributed by atoms with E-state index in [1.165, 1.54) is 17.6 Å². The van der Waals surface area contributed by atoms with Gasteiger partial charge in [-0.15, -0.1) is 0 Å². The van der Waals surface area contributed by atoms with E-state index in [2.05, 4.69) is 5.32 Å². The van der Waals surface area contributed by atoms with Crippen LogP contribution in [0, 0.1) is 6.92 Å². The second-order valence-electron chi connectivity index (χ2n) is 5.45. The van der Waals surface area contributed by atoms with Crippen molar-refractivity contribution < 1.29 is 33.1 Å². The van der Waals surface area contributed by atoms with Crippen molar-refractivity contribution in [3.63, 3.8) is 0 Å².